The summed E-state index contributed by atoms with van der Waals surface area (Å²) < 4.78 is 24.8. The molecule has 0 fully saturated rings. The first kappa shape index (κ1) is 26.2. The summed E-state index contributed by atoms with van der Waals surface area (Å²) in [6, 6.07) is 19.6. The van der Waals surface area contributed by atoms with E-state index in [0.29, 0.717) is 36.4 Å². The number of rotatable bonds is 11. The van der Waals surface area contributed by atoms with Crippen molar-refractivity contribution >= 4 is 22.9 Å². The van der Waals surface area contributed by atoms with Gasteiger partial charge in [0.25, 0.3) is 5.91 Å². The number of fused-ring (bicyclic) bond motifs is 1. The molecule has 192 valence electrons. The number of hydrogen-bond acceptors (Lipinski definition) is 4. The molecule has 4 aromatic rings. The fourth-order valence-corrected chi connectivity index (χ4v) is 4.19. The monoisotopic (exact) mass is 509 g/mol. The molecule has 0 bridgehead atoms. The zero-order chi connectivity index (χ0) is 26.9. The third-order valence-corrected chi connectivity index (χ3v) is 6.07. The molecule has 0 unspecified atom stereocenters. The summed E-state index contributed by atoms with van der Waals surface area (Å²) in [7, 11) is 1.52. The minimum atomic E-state index is -0.451. The smallest absolute Gasteiger partial charge is 0.261 e. The number of ether oxygens (including phenoxy) is 2. The Balaban J connectivity index is 1.49. The number of hydrogen-bond donors (Lipinski definition) is 2. The highest BCUT2D eigenvalue weighted by Crippen LogP contribution is 2.35. The molecule has 7 heteroatoms. The largest absolute Gasteiger partial charge is 0.493 e. The zero-order valence-corrected chi connectivity index (χ0v) is 21.1. The standard InChI is InChI=1S/C31H28FN3O3/c1-3-6-23-15-22(17-29(37-2)30(23)38-20-21-9-11-26(32)12-10-21)16-25(18-33)31(36)34-14-13-24-19-35-28-8-5-4-7-27(24)28/h3-5,7-12,15-17,19,35H,1,6,13-14,20H2,2H3,(H,34,36)/b25-16-. The number of H-pyrrole nitrogens is 1. The summed E-state index contributed by atoms with van der Waals surface area (Å²) in [5.74, 6) is 0.212. The van der Waals surface area contributed by atoms with Crippen LogP contribution in [0.5, 0.6) is 11.5 Å². The quantitative estimate of drug-likeness (QED) is 0.150. The lowest BCUT2D eigenvalue weighted by molar-refractivity contribution is -0.117. The first-order valence-corrected chi connectivity index (χ1v) is 12.2. The number of nitrogens with zero attached hydrogens (tertiary/aromatic N) is 1. The molecule has 38 heavy (non-hydrogen) atoms. The highest BCUT2D eigenvalue weighted by atomic mass is 19.1. The van der Waals surface area contributed by atoms with E-state index in [0.717, 1.165) is 27.6 Å². The highest BCUT2D eigenvalue weighted by Gasteiger charge is 2.15. The van der Waals surface area contributed by atoms with Crippen LogP contribution in [0.25, 0.3) is 17.0 Å². The molecule has 1 amide bonds. The van der Waals surface area contributed by atoms with E-state index in [9.17, 15) is 14.4 Å². The van der Waals surface area contributed by atoms with Crippen molar-refractivity contribution in [3.05, 3.63) is 113 Å². The van der Waals surface area contributed by atoms with Crippen LogP contribution < -0.4 is 14.8 Å². The van der Waals surface area contributed by atoms with Crippen molar-refractivity contribution in [2.75, 3.05) is 13.7 Å². The first-order valence-electron chi connectivity index (χ1n) is 12.2. The van der Waals surface area contributed by atoms with E-state index in [4.69, 9.17) is 9.47 Å². The summed E-state index contributed by atoms with van der Waals surface area (Å²) in [5.41, 5.74) is 4.33. The van der Waals surface area contributed by atoms with Gasteiger partial charge in [0.05, 0.1) is 7.11 Å². The normalized spacial score (nSPS) is 11.1. The Morgan fingerprint density at radius 1 is 1.16 bits per heavy atom. The second-order valence-electron chi connectivity index (χ2n) is 8.65. The summed E-state index contributed by atoms with van der Waals surface area (Å²) >= 11 is 0. The summed E-state index contributed by atoms with van der Waals surface area (Å²) in [6.07, 6.45) is 6.31. The number of nitriles is 1. The lowest BCUT2D eigenvalue weighted by Gasteiger charge is -2.16. The average molecular weight is 510 g/mol. The van der Waals surface area contributed by atoms with Gasteiger partial charge >= 0.3 is 0 Å². The van der Waals surface area contributed by atoms with Gasteiger partial charge in [0.2, 0.25) is 0 Å². The fourth-order valence-electron chi connectivity index (χ4n) is 4.19. The Kier molecular flexibility index (Phi) is 8.57. The number of carbonyl (C=O) groups excluding carboxylic acids is 1. The van der Waals surface area contributed by atoms with Crippen molar-refractivity contribution in [3.8, 4) is 17.6 Å². The highest BCUT2D eigenvalue weighted by molar-refractivity contribution is 6.01. The Hall–Kier alpha value is -4.83. The van der Waals surface area contributed by atoms with Crippen LogP contribution in [0.3, 0.4) is 0 Å². The van der Waals surface area contributed by atoms with Crippen molar-refractivity contribution in [3.63, 3.8) is 0 Å². The third-order valence-electron chi connectivity index (χ3n) is 6.07. The molecule has 0 saturated heterocycles. The van der Waals surface area contributed by atoms with E-state index in [2.05, 4.69) is 16.9 Å². The van der Waals surface area contributed by atoms with Crippen molar-refractivity contribution in [1.82, 2.24) is 10.3 Å². The lowest BCUT2D eigenvalue weighted by atomic mass is 10.0. The summed E-state index contributed by atoms with van der Waals surface area (Å²) in [4.78, 5) is 16.0. The van der Waals surface area contributed by atoms with Gasteiger partial charge in [-0.3, -0.25) is 4.79 Å². The van der Waals surface area contributed by atoms with E-state index in [1.807, 2.05) is 42.6 Å². The summed E-state index contributed by atoms with van der Waals surface area (Å²) in [6.45, 7) is 4.43. The van der Waals surface area contributed by atoms with Gasteiger partial charge in [-0.2, -0.15) is 5.26 Å². The average Bonchev–Trinajstić information content (AvgIpc) is 3.35. The SMILES string of the molecule is C=CCc1cc(/C=C(/C#N)C(=O)NCCc2c[nH]c3ccccc23)cc(OC)c1OCc1ccc(F)cc1. The minimum absolute atomic E-state index is 0.0180. The summed E-state index contributed by atoms with van der Waals surface area (Å²) in [5, 5.41) is 13.6. The maximum Gasteiger partial charge on any atom is 0.261 e. The number of aromatic amines is 1. The van der Waals surface area contributed by atoms with Crippen molar-refractivity contribution in [1.29, 1.82) is 5.26 Å². The van der Waals surface area contributed by atoms with E-state index < -0.39 is 5.91 Å². The Bertz CT molecular complexity index is 1510. The Morgan fingerprint density at radius 2 is 1.95 bits per heavy atom. The minimum Gasteiger partial charge on any atom is -0.493 e. The second-order valence-corrected chi connectivity index (χ2v) is 8.65. The van der Waals surface area contributed by atoms with Crippen LogP contribution in [0.2, 0.25) is 0 Å². The molecule has 4 rings (SSSR count). The van der Waals surface area contributed by atoms with Gasteiger partial charge in [-0.05, 0) is 65.9 Å². The van der Waals surface area contributed by atoms with Gasteiger partial charge in [-0.15, -0.1) is 6.58 Å². The number of amides is 1. The molecule has 0 atom stereocenters. The molecule has 0 spiro atoms. The second kappa shape index (κ2) is 12.4. The molecular formula is C31H28FN3O3. The number of methoxy groups -OCH3 is 1. The molecule has 0 aliphatic heterocycles. The lowest BCUT2D eigenvalue weighted by Crippen LogP contribution is -2.26. The van der Waals surface area contributed by atoms with Gasteiger partial charge in [0.1, 0.15) is 24.1 Å². The van der Waals surface area contributed by atoms with E-state index in [1.165, 1.54) is 25.3 Å². The van der Waals surface area contributed by atoms with Crippen molar-refractivity contribution < 1.29 is 18.7 Å². The molecule has 6 nitrogen and oxygen atoms in total. The number of aromatic nitrogens is 1. The van der Waals surface area contributed by atoms with E-state index in [-0.39, 0.29) is 18.0 Å². The number of para-hydroxylation sites is 1. The predicted octanol–water partition coefficient (Wildman–Crippen LogP) is 5.89. The van der Waals surface area contributed by atoms with Gasteiger partial charge in [-0.1, -0.05) is 36.4 Å². The van der Waals surface area contributed by atoms with Crippen LogP contribution in [-0.2, 0) is 24.2 Å². The molecule has 0 radical (unpaired) electrons. The first-order chi connectivity index (χ1) is 18.5. The van der Waals surface area contributed by atoms with Gasteiger partial charge in [-0.25, -0.2) is 4.39 Å². The number of halogens is 1. The van der Waals surface area contributed by atoms with E-state index in [1.54, 1.807) is 24.3 Å². The van der Waals surface area contributed by atoms with Crippen LogP contribution in [-0.4, -0.2) is 24.5 Å². The van der Waals surface area contributed by atoms with Gasteiger partial charge < -0.3 is 19.8 Å². The fraction of sp³-hybridized carbons (Fsp3) is 0.161. The maximum atomic E-state index is 13.2. The number of allylic oxidation sites excluding steroid dienone is 1. The number of benzene rings is 3. The van der Waals surface area contributed by atoms with Crippen LogP contribution >= 0.6 is 0 Å². The zero-order valence-electron chi connectivity index (χ0n) is 21.1. The van der Waals surface area contributed by atoms with E-state index >= 15 is 0 Å². The third kappa shape index (κ3) is 6.29. The van der Waals surface area contributed by atoms with Crippen molar-refractivity contribution in [2.24, 2.45) is 0 Å². The van der Waals surface area contributed by atoms with Crippen LogP contribution in [0.15, 0.2) is 85.1 Å². The molecule has 3 aromatic carbocycles. The van der Waals surface area contributed by atoms with Crippen LogP contribution in [0, 0.1) is 17.1 Å². The van der Waals surface area contributed by atoms with Gasteiger partial charge in [0, 0.05) is 29.2 Å². The molecular weight excluding hydrogens is 481 g/mol. The van der Waals surface area contributed by atoms with Gasteiger partial charge in [0.15, 0.2) is 11.5 Å². The number of nitrogens with one attached hydrogen (secondary N) is 2. The van der Waals surface area contributed by atoms with Crippen LogP contribution in [0.4, 0.5) is 4.39 Å². The number of carbonyl (C=O) groups is 1. The van der Waals surface area contributed by atoms with Crippen LogP contribution in [0.1, 0.15) is 22.3 Å². The molecule has 0 aliphatic rings. The predicted molar refractivity (Wildman–Crippen MR) is 146 cm³/mol. The van der Waals surface area contributed by atoms with Crippen molar-refractivity contribution in [2.45, 2.75) is 19.4 Å². The molecule has 1 heterocycles. The molecule has 2 N–H and O–H groups in total. The Labute approximate surface area is 221 Å². The maximum absolute atomic E-state index is 13.2. The molecule has 0 saturated carbocycles. The molecule has 1 aromatic heterocycles. The Morgan fingerprint density at radius 3 is 2.68 bits per heavy atom. The molecule has 0 aliphatic carbocycles. The topological polar surface area (TPSA) is 87.1 Å².